The van der Waals surface area contributed by atoms with Crippen molar-refractivity contribution in [3.63, 3.8) is 0 Å². The van der Waals surface area contributed by atoms with Crippen molar-refractivity contribution in [3.05, 3.63) is 34.9 Å². The van der Waals surface area contributed by atoms with E-state index in [1.807, 2.05) is 0 Å². The third kappa shape index (κ3) is 2.79. The molecule has 1 saturated carbocycles. The Morgan fingerprint density at radius 1 is 0.944 bits per heavy atom. The van der Waals surface area contributed by atoms with Crippen LogP contribution in [0.15, 0.2) is 18.2 Å². The van der Waals surface area contributed by atoms with Gasteiger partial charge < -0.3 is 0 Å². The van der Waals surface area contributed by atoms with Gasteiger partial charge in [0, 0.05) is 0 Å². The van der Waals surface area contributed by atoms with E-state index in [1.54, 1.807) is 5.56 Å². The van der Waals surface area contributed by atoms with Gasteiger partial charge in [-0.1, -0.05) is 70.7 Å². The van der Waals surface area contributed by atoms with Crippen LogP contribution in [-0.4, -0.2) is 0 Å². The maximum absolute atomic E-state index is 2.47. The second-order valence-electron chi connectivity index (χ2n) is 7.46. The molecule has 0 nitrogen and oxygen atoms in total. The topological polar surface area (TPSA) is 0 Å². The first-order chi connectivity index (χ1) is 8.31. The summed E-state index contributed by atoms with van der Waals surface area (Å²) in [5.74, 6) is 0. The van der Waals surface area contributed by atoms with E-state index in [1.165, 1.54) is 43.2 Å². The van der Waals surface area contributed by atoms with Gasteiger partial charge >= 0.3 is 0 Å². The van der Waals surface area contributed by atoms with E-state index < -0.39 is 0 Å². The molecular weight excluding hydrogens is 216 g/mol. The highest BCUT2D eigenvalue weighted by Gasteiger charge is 2.29. The zero-order chi connectivity index (χ0) is 13.4. The van der Waals surface area contributed by atoms with Gasteiger partial charge in [-0.25, -0.2) is 0 Å². The Kier molecular flexibility index (Phi) is 3.58. The fourth-order valence-electron chi connectivity index (χ4n) is 3.19. The summed E-state index contributed by atoms with van der Waals surface area (Å²) in [6.45, 7) is 11.6. The maximum atomic E-state index is 2.47. The summed E-state index contributed by atoms with van der Waals surface area (Å²) >= 11 is 0. The zero-order valence-electron chi connectivity index (χ0n) is 12.8. The summed E-state index contributed by atoms with van der Waals surface area (Å²) in [6.07, 6.45) is 6.94. The predicted molar refractivity (Wildman–Crippen MR) is 80.3 cm³/mol. The van der Waals surface area contributed by atoms with E-state index in [4.69, 9.17) is 0 Å². The van der Waals surface area contributed by atoms with Crippen LogP contribution in [-0.2, 0) is 10.8 Å². The smallest absolute Gasteiger partial charge is 0.00750 e. The lowest BCUT2D eigenvalue weighted by molar-refractivity contribution is 0.319. The van der Waals surface area contributed by atoms with Crippen LogP contribution < -0.4 is 0 Å². The molecule has 100 valence electrons. The molecule has 0 spiro atoms. The second kappa shape index (κ2) is 4.72. The fourth-order valence-corrected chi connectivity index (χ4v) is 3.19. The first-order valence-electron chi connectivity index (χ1n) is 7.44. The van der Waals surface area contributed by atoms with Gasteiger partial charge in [-0.2, -0.15) is 0 Å². The van der Waals surface area contributed by atoms with E-state index in [9.17, 15) is 0 Å². The molecule has 2 rings (SSSR count). The van der Waals surface area contributed by atoms with Crippen molar-refractivity contribution in [2.75, 3.05) is 0 Å². The largest absolute Gasteiger partial charge is 0.0561 e. The number of hydrogen-bond donors (Lipinski definition) is 0. The van der Waals surface area contributed by atoms with Crippen LogP contribution in [0.1, 0.15) is 76.5 Å². The van der Waals surface area contributed by atoms with E-state index in [0.29, 0.717) is 5.41 Å². The summed E-state index contributed by atoms with van der Waals surface area (Å²) in [5.41, 5.74) is 5.16. The molecule has 1 aliphatic carbocycles. The van der Waals surface area contributed by atoms with Crippen molar-refractivity contribution in [2.45, 2.75) is 77.6 Å². The Bertz CT molecular complexity index is 414. The molecule has 0 bridgehead atoms. The molecule has 18 heavy (non-hydrogen) atoms. The molecule has 0 heterocycles. The van der Waals surface area contributed by atoms with Crippen molar-refractivity contribution in [2.24, 2.45) is 0 Å². The molecule has 0 unspecified atom stereocenters. The summed E-state index contributed by atoms with van der Waals surface area (Å²) in [6, 6.07) is 7.24. The number of hydrogen-bond acceptors (Lipinski definition) is 0. The number of benzene rings is 1. The van der Waals surface area contributed by atoms with Gasteiger partial charge in [0.15, 0.2) is 0 Å². The van der Waals surface area contributed by atoms with Crippen LogP contribution in [0.25, 0.3) is 0 Å². The van der Waals surface area contributed by atoms with Gasteiger partial charge in [-0.15, -0.1) is 0 Å². The van der Waals surface area contributed by atoms with Crippen LogP contribution in [0.3, 0.4) is 0 Å². The molecule has 0 aromatic heterocycles. The average Bonchev–Trinajstić information content (AvgIpc) is 2.28. The molecule has 0 atom stereocenters. The number of aryl methyl sites for hydroxylation is 1. The maximum Gasteiger partial charge on any atom is -0.00750 e. The molecule has 0 saturated heterocycles. The highest BCUT2D eigenvalue weighted by atomic mass is 14.3. The Morgan fingerprint density at radius 2 is 1.56 bits per heavy atom. The lowest BCUT2D eigenvalue weighted by Crippen LogP contribution is -2.26. The SMILES string of the molecule is Cc1cc(C(C)(C)C)cc(C2(C)CCCCC2)c1. The fraction of sp³-hybridized carbons (Fsp3) is 0.667. The summed E-state index contributed by atoms with van der Waals surface area (Å²) in [7, 11) is 0. The first kappa shape index (κ1) is 13.6. The van der Waals surface area contributed by atoms with Crippen LogP contribution in [0, 0.1) is 6.92 Å². The predicted octanol–water partition coefficient (Wildman–Crippen LogP) is 5.51. The minimum absolute atomic E-state index is 0.256. The standard InChI is InChI=1S/C18H28/c1-14-11-15(17(2,3)4)13-16(12-14)18(5)9-7-6-8-10-18/h11-13H,6-10H2,1-5H3. The van der Waals surface area contributed by atoms with Crippen LogP contribution in [0.4, 0.5) is 0 Å². The van der Waals surface area contributed by atoms with E-state index >= 15 is 0 Å². The summed E-state index contributed by atoms with van der Waals surface area (Å²) < 4.78 is 0. The highest BCUT2D eigenvalue weighted by molar-refractivity contribution is 5.37. The lowest BCUT2D eigenvalue weighted by Gasteiger charge is -2.35. The third-order valence-corrected chi connectivity index (χ3v) is 4.60. The molecule has 0 radical (unpaired) electrons. The van der Waals surface area contributed by atoms with Gasteiger partial charge in [0.25, 0.3) is 0 Å². The first-order valence-corrected chi connectivity index (χ1v) is 7.44. The monoisotopic (exact) mass is 244 g/mol. The van der Waals surface area contributed by atoms with Crippen LogP contribution in [0.5, 0.6) is 0 Å². The van der Waals surface area contributed by atoms with Gasteiger partial charge in [0.2, 0.25) is 0 Å². The van der Waals surface area contributed by atoms with Gasteiger partial charge in [0.1, 0.15) is 0 Å². The minimum atomic E-state index is 0.256. The van der Waals surface area contributed by atoms with Gasteiger partial charge in [0.05, 0.1) is 0 Å². The Morgan fingerprint density at radius 3 is 2.11 bits per heavy atom. The van der Waals surface area contributed by atoms with Gasteiger partial charge in [-0.3, -0.25) is 0 Å². The molecule has 1 aromatic rings. The van der Waals surface area contributed by atoms with Crippen molar-refractivity contribution in [1.29, 1.82) is 0 Å². The highest BCUT2D eigenvalue weighted by Crippen LogP contribution is 2.40. The third-order valence-electron chi connectivity index (χ3n) is 4.60. The van der Waals surface area contributed by atoms with Crippen molar-refractivity contribution < 1.29 is 0 Å². The molecule has 0 N–H and O–H groups in total. The molecule has 1 aliphatic rings. The quantitative estimate of drug-likeness (QED) is 0.610. The average molecular weight is 244 g/mol. The summed E-state index contributed by atoms with van der Waals surface area (Å²) in [5, 5.41) is 0. The Hall–Kier alpha value is -0.780. The minimum Gasteiger partial charge on any atom is -0.0561 e. The van der Waals surface area contributed by atoms with Crippen LogP contribution >= 0.6 is 0 Å². The lowest BCUT2D eigenvalue weighted by atomic mass is 9.69. The molecular formula is C18H28. The van der Waals surface area contributed by atoms with E-state index in [-0.39, 0.29) is 5.41 Å². The molecule has 0 aliphatic heterocycles. The van der Waals surface area contributed by atoms with Crippen molar-refractivity contribution >= 4 is 0 Å². The second-order valence-corrected chi connectivity index (χ2v) is 7.46. The van der Waals surface area contributed by atoms with Gasteiger partial charge in [-0.05, 0) is 41.7 Å². The zero-order valence-corrected chi connectivity index (χ0v) is 12.8. The summed E-state index contributed by atoms with van der Waals surface area (Å²) in [4.78, 5) is 0. The molecule has 1 aromatic carbocycles. The van der Waals surface area contributed by atoms with E-state index in [0.717, 1.165) is 0 Å². The molecule has 1 fully saturated rings. The normalized spacial score (nSPS) is 19.8. The van der Waals surface area contributed by atoms with E-state index in [2.05, 4.69) is 52.8 Å². The molecule has 0 heteroatoms. The molecule has 0 amide bonds. The van der Waals surface area contributed by atoms with Crippen molar-refractivity contribution in [3.8, 4) is 0 Å². The van der Waals surface area contributed by atoms with Crippen molar-refractivity contribution in [1.82, 2.24) is 0 Å². The van der Waals surface area contributed by atoms with Crippen LogP contribution in [0.2, 0.25) is 0 Å². The Labute approximate surface area is 113 Å². The number of rotatable bonds is 1. The Balaban J connectivity index is 2.41.